The molecule has 0 amide bonds. The molecule has 0 fully saturated rings. The minimum absolute atomic E-state index is 0.918. The summed E-state index contributed by atoms with van der Waals surface area (Å²) in [6.07, 6.45) is 2.10. The van der Waals surface area contributed by atoms with Crippen LogP contribution in [0.1, 0.15) is 18.4 Å². The van der Waals surface area contributed by atoms with Crippen LogP contribution in [0, 0.1) is 6.92 Å². The highest BCUT2D eigenvalue weighted by atomic mass is 15.1. The molecule has 1 aromatic heterocycles. The number of hydrogen-bond acceptors (Lipinski definition) is 2. The van der Waals surface area contributed by atoms with Crippen molar-refractivity contribution >= 4 is 0 Å². The Morgan fingerprint density at radius 1 is 1.50 bits per heavy atom. The zero-order valence-electron chi connectivity index (χ0n) is 8.33. The lowest BCUT2D eigenvalue weighted by atomic mass is 10.5. The molecule has 3 heteroatoms. The fourth-order valence-corrected chi connectivity index (χ4v) is 1.28. The Labute approximate surface area is 74.0 Å². The van der Waals surface area contributed by atoms with E-state index >= 15 is 0 Å². The van der Waals surface area contributed by atoms with E-state index in [1.54, 1.807) is 0 Å². The highest BCUT2D eigenvalue weighted by molar-refractivity contribution is 5.01. The van der Waals surface area contributed by atoms with E-state index in [-0.39, 0.29) is 0 Å². The van der Waals surface area contributed by atoms with E-state index < -0.39 is 0 Å². The first-order chi connectivity index (χ1) is 5.63. The molecule has 0 radical (unpaired) electrons. The van der Waals surface area contributed by atoms with E-state index in [9.17, 15) is 0 Å². The molecule has 0 aliphatic heterocycles. The molecule has 0 N–H and O–H groups in total. The van der Waals surface area contributed by atoms with E-state index in [0.29, 0.717) is 0 Å². The molecular weight excluding hydrogens is 150 g/mol. The molecule has 0 aromatic carbocycles. The Bertz CT molecular complexity index is 250. The van der Waals surface area contributed by atoms with Gasteiger partial charge in [0.15, 0.2) is 0 Å². The fraction of sp³-hybridized carbons (Fsp3) is 0.667. The Morgan fingerprint density at radius 2 is 2.17 bits per heavy atom. The second-order valence-electron chi connectivity index (χ2n) is 3.32. The van der Waals surface area contributed by atoms with Crippen molar-refractivity contribution in [3.05, 3.63) is 17.7 Å². The lowest BCUT2D eigenvalue weighted by Gasteiger charge is -2.09. The number of aromatic nitrogens is 2. The Kier molecular flexibility index (Phi) is 2.87. The molecule has 0 aliphatic rings. The quantitative estimate of drug-likeness (QED) is 0.676. The average Bonchev–Trinajstić information content (AvgIpc) is 2.29. The molecule has 0 saturated heterocycles. The van der Waals surface area contributed by atoms with Gasteiger partial charge in [-0.05, 0) is 27.9 Å². The van der Waals surface area contributed by atoms with E-state index in [0.717, 1.165) is 24.6 Å². The van der Waals surface area contributed by atoms with Crippen molar-refractivity contribution in [3.63, 3.8) is 0 Å². The maximum atomic E-state index is 4.44. The lowest BCUT2D eigenvalue weighted by Crippen LogP contribution is -2.15. The lowest BCUT2D eigenvalue weighted by molar-refractivity contribution is 0.381. The molecule has 68 valence electrons. The van der Waals surface area contributed by atoms with Gasteiger partial charge in [-0.2, -0.15) is 0 Å². The van der Waals surface area contributed by atoms with Gasteiger partial charge in [0.1, 0.15) is 5.82 Å². The minimum Gasteiger partial charge on any atom is -0.334 e. The number of rotatable bonds is 3. The van der Waals surface area contributed by atoms with Crippen LogP contribution in [0.4, 0.5) is 0 Å². The second kappa shape index (κ2) is 3.72. The normalized spacial score (nSPS) is 11.1. The Morgan fingerprint density at radius 3 is 2.67 bits per heavy atom. The first-order valence-electron chi connectivity index (χ1n) is 4.31. The zero-order valence-corrected chi connectivity index (χ0v) is 8.33. The van der Waals surface area contributed by atoms with Crippen LogP contribution in [-0.4, -0.2) is 28.5 Å². The summed E-state index contributed by atoms with van der Waals surface area (Å²) in [6.45, 7) is 6.09. The predicted octanol–water partition coefficient (Wildman–Crippen LogP) is 1.27. The first kappa shape index (κ1) is 9.26. The maximum absolute atomic E-state index is 4.44. The van der Waals surface area contributed by atoms with Gasteiger partial charge in [-0.25, -0.2) is 4.98 Å². The average molecular weight is 167 g/mol. The Hall–Kier alpha value is -0.830. The van der Waals surface area contributed by atoms with Gasteiger partial charge in [0.05, 0.1) is 12.2 Å². The van der Waals surface area contributed by atoms with Crippen LogP contribution in [0.3, 0.4) is 0 Å². The molecule has 0 atom stereocenters. The summed E-state index contributed by atoms with van der Waals surface area (Å²) >= 11 is 0. The Balaban J connectivity index is 2.81. The molecule has 0 bridgehead atoms. The molecule has 0 aliphatic carbocycles. The van der Waals surface area contributed by atoms with E-state index in [1.807, 2.05) is 6.92 Å². The summed E-state index contributed by atoms with van der Waals surface area (Å²) in [6, 6.07) is 0. The summed E-state index contributed by atoms with van der Waals surface area (Å²) in [7, 11) is 4.12. The number of hydrogen-bond donors (Lipinski definition) is 0. The molecule has 1 rings (SSSR count). The van der Waals surface area contributed by atoms with E-state index in [1.165, 1.54) is 0 Å². The molecule has 12 heavy (non-hydrogen) atoms. The van der Waals surface area contributed by atoms with Crippen LogP contribution in [0.15, 0.2) is 6.20 Å². The highest BCUT2D eigenvalue weighted by Crippen LogP contribution is 2.03. The van der Waals surface area contributed by atoms with Crippen LogP contribution in [-0.2, 0) is 13.1 Å². The third-order valence-corrected chi connectivity index (χ3v) is 1.78. The third-order valence-electron chi connectivity index (χ3n) is 1.78. The van der Waals surface area contributed by atoms with Crippen LogP contribution in [0.5, 0.6) is 0 Å². The fourth-order valence-electron chi connectivity index (χ4n) is 1.28. The van der Waals surface area contributed by atoms with Crippen molar-refractivity contribution in [1.82, 2.24) is 14.5 Å². The van der Waals surface area contributed by atoms with Gasteiger partial charge < -0.3 is 9.47 Å². The number of imidazole rings is 1. The van der Waals surface area contributed by atoms with Crippen molar-refractivity contribution in [2.45, 2.75) is 26.9 Å². The van der Waals surface area contributed by atoms with Crippen molar-refractivity contribution in [3.8, 4) is 0 Å². The summed E-state index contributed by atoms with van der Waals surface area (Å²) < 4.78 is 2.19. The van der Waals surface area contributed by atoms with Gasteiger partial charge in [0.25, 0.3) is 0 Å². The zero-order chi connectivity index (χ0) is 9.14. The number of aryl methyl sites for hydroxylation is 2. The summed E-state index contributed by atoms with van der Waals surface area (Å²) in [5.74, 6) is 1.15. The smallest absolute Gasteiger partial charge is 0.123 e. The highest BCUT2D eigenvalue weighted by Gasteiger charge is 2.03. The first-order valence-corrected chi connectivity index (χ1v) is 4.31. The van der Waals surface area contributed by atoms with Gasteiger partial charge >= 0.3 is 0 Å². The minimum atomic E-state index is 0.918. The largest absolute Gasteiger partial charge is 0.334 e. The molecule has 0 unspecified atom stereocenters. The summed E-state index contributed by atoms with van der Waals surface area (Å²) in [4.78, 5) is 6.58. The van der Waals surface area contributed by atoms with Crippen LogP contribution >= 0.6 is 0 Å². The molecule has 1 heterocycles. The molecule has 1 aromatic rings. The SMILES string of the molecule is CCn1cc(C)nc1CN(C)C. The van der Waals surface area contributed by atoms with Crippen molar-refractivity contribution in [2.24, 2.45) is 0 Å². The predicted molar refractivity (Wildman–Crippen MR) is 50.0 cm³/mol. The summed E-state index contributed by atoms with van der Waals surface area (Å²) in [5.41, 5.74) is 1.11. The van der Waals surface area contributed by atoms with Crippen molar-refractivity contribution in [1.29, 1.82) is 0 Å². The van der Waals surface area contributed by atoms with E-state index in [2.05, 4.69) is 41.7 Å². The van der Waals surface area contributed by atoms with Crippen LogP contribution in [0.25, 0.3) is 0 Å². The van der Waals surface area contributed by atoms with Gasteiger partial charge in [-0.1, -0.05) is 0 Å². The molecule has 3 nitrogen and oxygen atoms in total. The monoisotopic (exact) mass is 167 g/mol. The molecule has 0 spiro atoms. The van der Waals surface area contributed by atoms with Gasteiger partial charge in [-0.3, -0.25) is 0 Å². The number of nitrogens with zero attached hydrogens (tertiary/aromatic N) is 3. The van der Waals surface area contributed by atoms with Crippen molar-refractivity contribution < 1.29 is 0 Å². The van der Waals surface area contributed by atoms with E-state index in [4.69, 9.17) is 0 Å². The molecule has 0 saturated carbocycles. The second-order valence-corrected chi connectivity index (χ2v) is 3.32. The third kappa shape index (κ3) is 2.08. The van der Waals surface area contributed by atoms with Crippen LogP contribution < -0.4 is 0 Å². The van der Waals surface area contributed by atoms with Gasteiger partial charge in [0, 0.05) is 12.7 Å². The maximum Gasteiger partial charge on any atom is 0.123 e. The van der Waals surface area contributed by atoms with Crippen LogP contribution in [0.2, 0.25) is 0 Å². The van der Waals surface area contributed by atoms with Gasteiger partial charge in [-0.15, -0.1) is 0 Å². The topological polar surface area (TPSA) is 21.1 Å². The van der Waals surface area contributed by atoms with Crippen molar-refractivity contribution in [2.75, 3.05) is 14.1 Å². The molecular formula is C9H17N3. The van der Waals surface area contributed by atoms with Gasteiger partial charge in [0.2, 0.25) is 0 Å². The standard InChI is InChI=1S/C9H17N3/c1-5-12-6-8(2)10-9(12)7-11(3)4/h6H,5,7H2,1-4H3. The summed E-state index contributed by atoms with van der Waals surface area (Å²) in [5, 5.41) is 0.